The first-order chi connectivity index (χ1) is 9.13. The fourth-order valence-corrected chi connectivity index (χ4v) is 2.72. The molecule has 0 saturated heterocycles. The van der Waals surface area contributed by atoms with Gasteiger partial charge in [0.25, 0.3) is 0 Å². The number of aryl methyl sites for hydroxylation is 1. The standard InChI is InChI=1S/C15H23NO2S/c1-3-18-15(17)7-5-4-6-10-19-14-9-8-12(2)11-13(14)16/h8-9,11H,3-7,10,16H2,1-2H3. The molecular weight excluding hydrogens is 258 g/mol. The summed E-state index contributed by atoms with van der Waals surface area (Å²) < 4.78 is 4.88. The number of rotatable bonds is 8. The second-order valence-electron chi connectivity index (χ2n) is 4.51. The molecular formula is C15H23NO2S. The molecule has 1 aromatic carbocycles. The number of nitrogen functional groups attached to an aromatic ring is 1. The minimum Gasteiger partial charge on any atom is -0.466 e. The zero-order chi connectivity index (χ0) is 14.1. The van der Waals surface area contributed by atoms with Crippen LogP contribution in [0.5, 0.6) is 0 Å². The van der Waals surface area contributed by atoms with E-state index in [1.54, 1.807) is 11.8 Å². The van der Waals surface area contributed by atoms with Gasteiger partial charge in [-0.25, -0.2) is 0 Å². The highest BCUT2D eigenvalue weighted by Gasteiger charge is 2.02. The number of hydrogen-bond acceptors (Lipinski definition) is 4. The summed E-state index contributed by atoms with van der Waals surface area (Å²) in [6, 6.07) is 6.16. The highest BCUT2D eigenvalue weighted by atomic mass is 32.2. The van der Waals surface area contributed by atoms with E-state index in [-0.39, 0.29) is 5.97 Å². The van der Waals surface area contributed by atoms with Crippen molar-refractivity contribution >= 4 is 23.4 Å². The smallest absolute Gasteiger partial charge is 0.305 e. The summed E-state index contributed by atoms with van der Waals surface area (Å²) >= 11 is 1.78. The molecule has 0 bridgehead atoms. The van der Waals surface area contributed by atoms with Crippen LogP contribution in [0.25, 0.3) is 0 Å². The van der Waals surface area contributed by atoms with Crippen LogP contribution in [-0.2, 0) is 9.53 Å². The largest absolute Gasteiger partial charge is 0.466 e. The van der Waals surface area contributed by atoms with E-state index in [1.807, 2.05) is 19.9 Å². The minimum atomic E-state index is -0.0852. The molecule has 0 amide bonds. The Morgan fingerprint density at radius 2 is 2.11 bits per heavy atom. The molecule has 0 fully saturated rings. The Hall–Kier alpha value is -1.16. The van der Waals surface area contributed by atoms with Crippen molar-refractivity contribution in [1.82, 2.24) is 0 Å². The molecule has 19 heavy (non-hydrogen) atoms. The fraction of sp³-hybridized carbons (Fsp3) is 0.533. The summed E-state index contributed by atoms with van der Waals surface area (Å²) in [6.07, 6.45) is 3.59. The van der Waals surface area contributed by atoms with E-state index >= 15 is 0 Å². The number of carbonyl (C=O) groups excluding carboxylic acids is 1. The molecule has 1 aromatic rings. The average Bonchev–Trinajstić information content (AvgIpc) is 2.36. The van der Waals surface area contributed by atoms with Gasteiger partial charge in [0, 0.05) is 17.0 Å². The van der Waals surface area contributed by atoms with Gasteiger partial charge in [0.2, 0.25) is 0 Å². The highest BCUT2D eigenvalue weighted by molar-refractivity contribution is 7.99. The van der Waals surface area contributed by atoms with Gasteiger partial charge in [-0.1, -0.05) is 12.5 Å². The lowest BCUT2D eigenvalue weighted by Crippen LogP contribution is -2.03. The minimum absolute atomic E-state index is 0.0852. The van der Waals surface area contributed by atoms with Gasteiger partial charge < -0.3 is 10.5 Å². The van der Waals surface area contributed by atoms with Gasteiger partial charge in [-0.05, 0) is 50.1 Å². The van der Waals surface area contributed by atoms with Gasteiger partial charge in [-0.15, -0.1) is 11.8 Å². The van der Waals surface area contributed by atoms with Crippen LogP contribution in [0.15, 0.2) is 23.1 Å². The summed E-state index contributed by atoms with van der Waals surface area (Å²) in [5.74, 6) is 0.953. The number of benzene rings is 1. The molecule has 0 spiro atoms. The Morgan fingerprint density at radius 1 is 1.32 bits per heavy atom. The van der Waals surface area contributed by atoms with Crippen LogP contribution in [0.4, 0.5) is 5.69 Å². The number of nitrogens with two attached hydrogens (primary N) is 1. The number of anilines is 1. The molecule has 106 valence electrons. The number of ether oxygens (including phenoxy) is 1. The summed E-state index contributed by atoms with van der Waals surface area (Å²) in [7, 11) is 0. The number of hydrogen-bond donors (Lipinski definition) is 1. The van der Waals surface area contributed by atoms with Crippen LogP contribution in [0.1, 0.15) is 38.2 Å². The van der Waals surface area contributed by atoms with E-state index in [0.29, 0.717) is 13.0 Å². The third-order valence-corrected chi connectivity index (χ3v) is 3.93. The van der Waals surface area contributed by atoms with E-state index in [4.69, 9.17) is 10.5 Å². The topological polar surface area (TPSA) is 52.3 Å². The molecule has 0 unspecified atom stereocenters. The van der Waals surface area contributed by atoms with Gasteiger partial charge in [0.05, 0.1) is 6.61 Å². The van der Waals surface area contributed by atoms with Crippen molar-refractivity contribution in [3.63, 3.8) is 0 Å². The van der Waals surface area contributed by atoms with Crippen molar-refractivity contribution < 1.29 is 9.53 Å². The lowest BCUT2D eigenvalue weighted by atomic mass is 10.2. The number of thioether (sulfide) groups is 1. The molecule has 0 atom stereocenters. The van der Waals surface area contributed by atoms with Gasteiger partial charge in [-0.3, -0.25) is 4.79 Å². The van der Waals surface area contributed by atoms with Crippen molar-refractivity contribution in [1.29, 1.82) is 0 Å². The summed E-state index contributed by atoms with van der Waals surface area (Å²) in [5, 5.41) is 0. The second kappa shape index (κ2) is 8.86. The molecule has 0 aliphatic rings. The third-order valence-electron chi connectivity index (χ3n) is 2.75. The highest BCUT2D eigenvalue weighted by Crippen LogP contribution is 2.26. The van der Waals surface area contributed by atoms with E-state index in [9.17, 15) is 4.79 Å². The Balaban J connectivity index is 2.12. The zero-order valence-electron chi connectivity index (χ0n) is 11.8. The van der Waals surface area contributed by atoms with Crippen molar-refractivity contribution in [2.45, 2.75) is 44.4 Å². The molecule has 0 saturated carbocycles. The molecule has 2 N–H and O–H groups in total. The number of unbranched alkanes of at least 4 members (excludes halogenated alkanes) is 2. The fourth-order valence-electron chi connectivity index (χ4n) is 1.76. The maximum absolute atomic E-state index is 11.1. The van der Waals surface area contributed by atoms with Gasteiger partial charge >= 0.3 is 5.97 Å². The van der Waals surface area contributed by atoms with Crippen LogP contribution in [0.2, 0.25) is 0 Å². The molecule has 0 aliphatic carbocycles. The van der Waals surface area contributed by atoms with E-state index in [0.717, 1.165) is 35.6 Å². The van der Waals surface area contributed by atoms with Crippen LogP contribution < -0.4 is 5.73 Å². The molecule has 4 heteroatoms. The Bertz CT molecular complexity index is 407. The van der Waals surface area contributed by atoms with Crippen LogP contribution >= 0.6 is 11.8 Å². The molecule has 3 nitrogen and oxygen atoms in total. The first-order valence-corrected chi connectivity index (χ1v) is 7.76. The predicted octanol–water partition coefficient (Wildman–Crippen LogP) is 3.79. The SMILES string of the molecule is CCOC(=O)CCCCCSc1ccc(C)cc1N. The van der Waals surface area contributed by atoms with Crippen molar-refractivity contribution in [3.05, 3.63) is 23.8 Å². The number of esters is 1. The normalized spacial score (nSPS) is 10.4. The van der Waals surface area contributed by atoms with Crippen LogP contribution in [0, 0.1) is 6.92 Å². The Morgan fingerprint density at radius 3 is 2.79 bits per heavy atom. The van der Waals surface area contributed by atoms with E-state index < -0.39 is 0 Å². The lowest BCUT2D eigenvalue weighted by molar-refractivity contribution is -0.143. The van der Waals surface area contributed by atoms with E-state index in [1.165, 1.54) is 5.56 Å². The molecule has 0 aromatic heterocycles. The van der Waals surface area contributed by atoms with Crippen molar-refractivity contribution in [3.8, 4) is 0 Å². The van der Waals surface area contributed by atoms with Crippen molar-refractivity contribution in [2.75, 3.05) is 18.1 Å². The lowest BCUT2D eigenvalue weighted by Gasteiger charge is -2.06. The van der Waals surface area contributed by atoms with Gasteiger partial charge in [0.15, 0.2) is 0 Å². The summed E-state index contributed by atoms with van der Waals surface area (Å²) in [4.78, 5) is 12.3. The van der Waals surface area contributed by atoms with Gasteiger partial charge in [0.1, 0.15) is 0 Å². The summed E-state index contributed by atoms with van der Waals surface area (Å²) in [6.45, 7) is 4.35. The number of carbonyl (C=O) groups is 1. The molecule has 0 aliphatic heterocycles. The maximum Gasteiger partial charge on any atom is 0.305 e. The Kier molecular flexibility index (Phi) is 7.41. The monoisotopic (exact) mass is 281 g/mol. The quantitative estimate of drug-likeness (QED) is 0.341. The zero-order valence-corrected chi connectivity index (χ0v) is 12.6. The maximum atomic E-state index is 11.1. The Labute approximate surface area is 119 Å². The predicted molar refractivity (Wildman–Crippen MR) is 81.4 cm³/mol. The molecule has 0 radical (unpaired) electrons. The summed E-state index contributed by atoms with van der Waals surface area (Å²) in [5.41, 5.74) is 8.00. The van der Waals surface area contributed by atoms with Crippen LogP contribution in [-0.4, -0.2) is 18.3 Å². The van der Waals surface area contributed by atoms with Crippen LogP contribution in [0.3, 0.4) is 0 Å². The first-order valence-electron chi connectivity index (χ1n) is 6.78. The van der Waals surface area contributed by atoms with E-state index in [2.05, 4.69) is 12.1 Å². The average molecular weight is 281 g/mol. The molecule has 0 heterocycles. The second-order valence-corrected chi connectivity index (χ2v) is 5.64. The van der Waals surface area contributed by atoms with Gasteiger partial charge in [-0.2, -0.15) is 0 Å². The van der Waals surface area contributed by atoms with Crippen molar-refractivity contribution in [2.24, 2.45) is 0 Å². The molecule has 1 rings (SSSR count). The first kappa shape index (κ1) is 15.9. The third kappa shape index (κ3) is 6.53.